The molecule has 5 nitrogen and oxygen atoms in total. The minimum atomic E-state index is -0.463. The van der Waals surface area contributed by atoms with E-state index in [1.54, 1.807) is 19.1 Å². The van der Waals surface area contributed by atoms with Gasteiger partial charge in [0.25, 0.3) is 5.91 Å². The Morgan fingerprint density at radius 2 is 2.00 bits per heavy atom. The number of benzene rings is 2. The maximum Gasteiger partial charge on any atom is 0.254 e. The van der Waals surface area contributed by atoms with Crippen molar-refractivity contribution >= 4 is 17.0 Å². The molecule has 1 aliphatic heterocycles. The van der Waals surface area contributed by atoms with Crippen LogP contribution < -0.4 is 4.74 Å². The van der Waals surface area contributed by atoms with Crippen LogP contribution in [0.15, 0.2) is 46.9 Å². The summed E-state index contributed by atoms with van der Waals surface area (Å²) in [6.45, 7) is 6.82. The Labute approximate surface area is 146 Å². The molecular formula is C20H20N2O3. The molecule has 128 valence electrons. The second-order valence-electron chi connectivity index (χ2n) is 7.05. The second kappa shape index (κ2) is 5.62. The molecule has 0 radical (unpaired) electrons. The van der Waals surface area contributed by atoms with Crippen molar-refractivity contribution in [2.75, 3.05) is 6.54 Å². The number of ether oxygens (including phenoxy) is 1. The van der Waals surface area contributed by atoms with Gasteiger partial charge in [-0.1, -0.05) is 18.2 Å². The van der Waals surface area contributed by atoms with E-state index in [0.717, 1.165) is 16.8 Å². The molecule has 0 bridgehead atoms. The van der Waals surface area contributed by atoms with Crippen LogP contribution in [0.25, 0.3) is 11.1 Å². The van der Waals surface area contributed by atoms with Gasteiger partial charge in [0.15, 0.2) is 11.5 Å². The van der Waals surface area contributed by atoms with E-state index in [-0.39, 0.29) is 5.91 Å². The summed E-state index contributed by atoms with van der Waals surface area (Å²) in [6, 6.07) is 13.3. The van der Waals surface area contributed by atoms with Crippen molar-refractivity contribution in [3.05, 3.63) is 59.5 Å². The summed E-state index contributed by atoms with van der Waals surface area (Å²) in [4.78, 5) is 19.2. The highest BCUT2D eigenvalue weighted by molar-refractivity contribution is 5.97. The third-order valence-electron chi connectivity index (χ3n) is 4.32. The molecule has 0 fully saturated rings. The predicted molar refractivity (Wildman–Crippen MR) is 94.6 cm³/mol. The molecule has 1 aromatic heterocycles. The number of hydrogen-bond acceptors (Lipinski definition) is 4. The number of aromatic nitrogens is 1. The van der Waals surface area contributed by atoms with Crippen molar-refractivity contribution in [2.45, 2.75) is 32.9 Å². The van der Waals surface area contributed by atoms with Gasteiger partial charge in [0.1, 0.15) is 16.9 Å². The van der Waals surface area contributed by atoms with E-state index in [0.29, 0.717) is 30.1 Å². The number of hydrogen-bond donors (Lipinski definition) is 0. The Hall–Kier alpha value is -2.82. The summed E-state index contributed by atoms with van der Waals surface area (Å²) in [5.41, 5.74) is 2.54. The topological polar surface area (TPSA) is 55.6 Å². The normalized spacial score (nSPS) is 16.2. The van der Waals surface area contributed by atoms with Gasteiger partial charge >= 0.3 is 0 Å². The lowest BCUT2D eigenvalue weighted by atomic mass is 10.1. The molecule has 0 aliphatic carbocycles. The third kappa shape index (κ3) is 2.97. The molecule has 3 aromatic rings. The Kier molecular flexibility index (Phi) is 3.53. The van der Waals surface area contributed by atoms with E-state index in [4.69, 9.17) is 9.15 Å². The summed E-state index contributed by atoms with van der Waals surface area (Å²) >= 11 is 0. The molecule has 0 saturated heterocycles. The van der Waals surface area contributed by atoms with Crippen LogP contribution in [-0.2, 0) is 6.54 Å². The first-order valence-corrected chi connectivity index (χ1v) is 8.35. The molecule has 0 atom stereocenters. The first-order chi connectivity index (χ1) is 11.9. The summed E-state index contributed by atoms with van der Waals surface area (Å²) in [5, 5.41) is 0. The fraction of sp³-hybridized carbons (Fsp3) is 0.300. The van der Waals surface area contributed by atoms with Crippen molar-refractivity contribution in [2.24, 2.45) is 0 Å². The molecule has 4 rings (SSSR count). The number of amides is 1. The van der Waals surface area contributed by atoms with E-state index in [2.05, 4.69) is 4.98 Å². The number of carbonyl (C=O) groups excluding carboxylic acids is 1. The smallest absolute Gasteiger partial charge is 0.254 e. The SMILES string of the molecule is Cc1nc2ccc(C(=O)N3Cc4ccccc4OC(C)(C)C3)cc2o1. The number of carbonyl (C=O) groups is 1. The standard InChI is InChI=1S/C20H20N2O3/c1-13-21-16-9-8-14(10-18(16)24-13)19(23)22-11-15-6-4-5-7-17(15)25-20(2,3)12-22/h4-10H,11-12H2,1-3H3. The van der Waals surface area contributed by atoms with E-state index < -0.39 is 5.60 Å². The van der Waals surface area contributed by atoms with Gasteiger partial charge in [0, 0.05) is 24.6 Å². The fourth-order valence-electron chi connectivity index (χ4n) is 3.28. The number of para-hydroxylation sites is 1. The van der Waals surface area contributed by atoms with Crippen LogP contribution in [0.3, 0.4) is 0 Å². The third-order valence-corrected chi connectivity index (χ3v) is 4.32. The van der Waals surface area contributed by atoms with Crippen LogP contribution in [0.5, 0.6) is 5.75 Å². The first-order valence-electron chi connectivity index (χ1n) is 8.35. The first kappa shape index (κ1) is 15.7. The van der Waals surface area contributed by atoms with Gasteiger partial charge in [-0.05, 0) is 38.1 Å². The molecule has 2 aromatic carbocycles. The maximum atomic E-state index is 13.1. The monoisotopic (exact) mass is 336 g/mol. The average Bonchev–Trinajstić information content (AvgIpc) is 2.86. The molecule has 25 heavy (non-hydrogen) atoms. The van der Waals surface area contributed by atoms with Crippen LogP contribution in [-0.4, -0.2) is 27.9 Å². The van der Waals surface area contributed by atoms with Crippen LogP contribution in [0.2, 0.25) is 0 Å². The number of oxazole rings is 1. The second-order valence-corrected chi connectivity index (χ2v) is 7.05. The van der Waals surface area contributed by atoms with Gasteiger partial charge in [-0.25, -0.2) is 4.98 Å². The predicted octanol–water partition coefficient (Wildman–Crippen LogP) is 3.95. The highest BCUT2D eigenvalue weighted by Gasteiger charge is 2.31. The van der Waals surface area contributed by atoms with E-state index >= 15 is 0 Å². The Bertz CT molecular complexity index is 958. The molecule has 0 spiro atoms. The highest BCUT2D eigenvalue weighted by Crippen LogP contribution is 2.30. The van der Waals surface area contributed by atoms with Gasteiger partial charge in [-0.15, -0.1) is 0 Å². The molecule has 0 saturated carbocycles. The quantitative estimate of drug-likeness (QED) is 0.675. The van der Waals surface area contributed by atoms with Gasteiger partial charge in [-0.3, -0.25) is 4.79 Å². The largest absolute Gasteiger partial charge is 0.486 e. The summed E-state index contributed by atoms with van der Waals surface area (Å²) in [7, 11) is 0. The summed E-state index contributed by atoms with van der Waals surface area (Å²) in [6.07, 6.45) is 0. The van der Waals surface area contributed by atoms with Gasteiger partial charge in [-0.2, -0.15) is 0 Å². The molecular weight excluding hydrogens is 316 g/mol. The van der Waals surface area contributed by atoms with Crippen molar-refractivity contribution in [1.82, 2.24) is 9.88 Å². The number of aryl methyl sites for hydroxylation is 1. The average molecular weight is 336 g/mol. The minimum Gasteiger partial charge on any atom is -0.486 e. The van der Waals surface area contributed by atoms with Crippen LogP contribution in [0, 0.1) is 6.92 Å². The Morgan fingerprint density at radius 1 is 1.20 bits per heavy atom. The van der Waals surface area contributed by atoms with Crippen molar-refractivity contribution in [3.63, 3.8) is 0 Å². The van der Waals surface area contributed by atoms with Crippen LogP contribution >= 0.6 is 0 Å². The number of nitrogens with zero attached hydrogens (tertiary/aromatic N) is 2. The zero-order valence-electron chi connectivity index (χ0n) is 14.6. The lowest BCUT2D eigenvalue weighted by Crippen LogP contribution is -2.43. The van der Waals surface area contributed by atoms with Gasteiger partial charge in [0.05, 0.1) is 6.54 Å². The van der Waals surface area contributed by atoms with Crippen molar-refractivity contribution in [3.8, 4) is 5.75 Å². The van der Waals surface area contributed by atoms with Gasteiger partial charge in [0.2, 0.25) is 0 Å². The lowest BCUT2D eigenvalue weighted by Gasteiger charge is -2.29. The number of fused-ring (bicyclic) bond motifs is 2. The van der Waals surface area contributed by atoms with E-state index in [1.807, 2.05) is 49.1 Å². The van der Waals surface area contributed by atoms with E-state index in [9.17, 15) is 4.79 Å². The molecule has 5 heteroatoms. The lowest BCUT2D eigenvalue weighted by molar-refractivity contribution is 0.0501. The zero-order chi connectivity index (χ0) is 17.6. The molecule has 1 amide bonds. The molecule has 0 N–H and O–H groups in total. The summed E-state index contributed by atoms with van der Waals surface area (Å²) in [5.74, 6) is 1.39. The molecule has 2 heterocycles. The molecule has 0 unspecified atom stereocenters. The van der Waals surface area contributed by atoms with Crippen molar-refractivity contribution in [1.29, 1.82) is 0 Å². The Morgan fingerprint density at radius 3 is 2.84 bits per heavy atom. The highest BCUT2D eigenvalue weighted by atomic mass is 16.5. The van der Waals surface area contributed by atoms with E-state index in [1.165, 1.54) is 0 Å². The van der Waals surface area contributed by atoms with Crippen LogP contribution in [0.1, 0.15) is 35.7 Å². The number of rotatable bonds is 1. The zero-order valence-corrected chi connectivity index (χ0v) is 14.6. The summed E-state index contributed by atoms with van der Waals surface area (Å²) < 4.78 is 11.7. The van der Waals surface area contributed by atoms with Crippen LogP contribution in [0.4, 0.5) is 0 Å². The Balaban J connectivity index is 1.70. The fourth-order valence-corrected chi connectivity index (χ4v) is 3.28. The van der Waals surface area contributed by atoms with Crippen molar-refractivity contribution < 1.29 is 13.9 Å². The maximum absolute atomic E-state index is 13.1. The molecule has 1 aliphatic rings. The minimum absolute atomic E-state index is 0.0377. The van der Waals surface area contributed by atoms with Gasteiger partial charge < -0.3 is 14.1 Å².